The zero-order valence-electron chi connectivity index (χ0n) is 26.7. The average molecular weight is 525 g/mol. The van der Waals surface area contributed by atoms with Gasteiger partial charge in [-0.05, 0) is 25.7 Å². The van der Waals surface area contributed by atoms with E-state index in [4.69, 9.17) is 9.47 Å². The summed E-state index contributed by atoms with van der Waals surface area (Å²) in [6.07, 6.45) is 35.1. The number of unbranched alkanes of at least 4 members (excludes halogenated alkanes) is 18. The molecule has 0 bridgehead atoms. The highest BCUT2D eigenvalue weighted by Gasteiger charge is 2.39. The molecule has 0 rings (SSSR count). The molecular weight excluding hydrogens is 452 g/mol. The van der Waals surface area contributed by atoms with E-state index in [-0.39, 0.29) is 5.79 Å². The topological polar surface area (TPSA) is 18.5 Å². The summed E-state index contributed by atoms with van der Waals surface area (Å²) in [6, 6.07) is 0. The monoisotopic (exact) mass is 525 g/mol. The van der Waals surface area contributed by atoms with Crippen molar-refractivity contribution in [3.8, 4) is 0 Å². The average Bonchev–Trinajstić information content (AvgIpc) is 2.91. The van der Waals surface area contributed by atoms with Crippen LogP contribution in [-0.4, -0.2) is 19.0 Å². The van der Waals surface area contributed by atoms with Crippen molar-refractivity contribution >= 4 is 0 Å². The van der Waals surface area contributed by atoms with Gasteiger partial charge in [-0.3, -0.25) is 0 Å². The summed E-state index contributed by atoms with van der Waals surface area (Å²) < 4.78 is 13.3. The fourth-order valence-electron chi connectivity index (χ4n) is 5.86. The van der Waals surface area contributed by atoms with Gasteiger partial charge in [0, 0.05) is 25.6 Å². The van der Waals surface area contributed by atoms with Crippen LogP contribution in [-0.2, 0) is 9.47 Å². The Bertz CT molecular complexity index is 413. The molecule has 1 unspecified atom stereocenters. The summed E-state index contributed by atoms with van der Waals surface area (Å²) in [4.78, 5) is 0. The summed E-state index contributed by atoms with van der Waals surface area (Å²) in [5, 5.41) is 0. The molecule has 0 N–H and O–H groups in total. The highest BCUT2D eigenvalue weighted by atomic mass is 16.7. The van der Waals surface area contributed by atoms with Gasteiger partial charge < -0.3 is 9.47 Å². The lowest BCUT2D eigenvalue weighted by Gasteiger charge is -2.41. The van der Waals surface area contributed by atoms with Crippen molar-refractivity contribution in [2.45, 2.75) is 207 Å². The van der Waals surface area contributed by atoms with Crippen LogP contribution in [0.1, 0.15) is 202 Å². The van der Waals surface area contributed by atoms with Crippen LogP contribution in [0.25, 0.3) is 0 Å². The lowest BCUT2D eigenvalue weighted by Crippen LogP contribution is -2.44. The zero-order valence-corrected chi connectivity index (χ0v) is 26.7. The first-order valence-electron chi connectivity index (χ1n) is 17.5. The second-order valence-electron chi connectivity index (χ2n) is 11.9. The molecule has 2 nitrogen and oxygen atoms in total. The van der Waals surface area contributed by atoms with Crippen LogP contribution in [0, 0.1) is 5.92 Å². The molecule has 37 heavy (non-hydrogen) atoms. The van der Waals surface area contributed by atoms with Gasteiger partial charge >= 0.3 is 0 Å². The molecular formula is C35H72O2. The third kappa shape index (κ3) is 21.4. The number of rotatable bonds is 31. The van der Waals surface area contributed by atoms with Crippen LogP contribution in [0.15, 0.2) is 0 Å². The van der Waals surface area contributed by atoms with Crippen LogP contribution in [0.2, 0.25) is 0 Å². The van der Waals surface area contributed by atoms with Crippen molar-refractivity contribution < 1.29 is 9.47 Å². The van der Waals surface area contributed by atoms with E-state index in [2.05, 4.69) is 34.6 Å². The number of ether oxygens (including phenoxy) is 2. The Labute approximate surface area is 235 Å². The zero-order chi connectivity index (χ0) is 27.3. The Hall–Kier alpha value is -0.0800. The molecule has 224 valence electrons. The Morgan fingerprint density at radius 3 is 1.00 bits per heavy atom. The minimum atomic E-state index is -0.347. The van der Waals surface area contributed by atoms with Gasteiger partial charge in [0.25, 0.3) is 0 Å². The second kappa shape index (κ2) is 28.9. The molecule has 0 fully saturated rings. The molecule has 0 aromatic rings. The van der Waals surface area contributed by atoms with Crippen molar-refractivity contribution in [2.75, 3.05) is 13.2 Å². The van der Waals surface area contributed by atoms with Crippen molar-refractivity contribution in [2.24, 2.45) is 5.92 Å². The third-order valence-corrected chi connectivity index (χ3v) is 8.13. The maximum absolute atomic E-state index is 6.63. The minimum Gasteiger partial charge on any atom is -0.350 e. The van der Waals surface area contributed by atoms with Crippen LogP contribution >= 0.6 is 0 Å². The fraction of sp³-hybridized carbons (Fsp3) is 1.00. The molecule has 0 amide bonds. The largest absolute Gasteiger partial charge is 0.350 e. The molecule has 0 radical (unpaired) electrons. The van der Waals surface area contributed by atoms with Crippen molar-refractivity contribution in [3.63, 3.8) is 0 Å². The summed E-state index contributed by atoms with van der Waals surface area (Å²) in [6.45, 7) is 13.0. The Morgan fingerprint density at radius 2 is 0.703 bits per heavy atom. The van der Waals surface area contributed by atoms with Gasteiger partial charge in [-0.15, -0.1) is 0 Å². The maximum atomic E-state index is 6.63. The SMILES string of the molecule is CCCCCCCCCCCCCCCCC(CCCCCCCC)C(CCC)(OCCC)OCCC. The minimum absolute atomic E-state index is 0.347. The smallest absolute Gasteiger partial charge is 0.171 e. The Kier molecular flexibility index (Phi) is 28.9. The van der Waals surface area contributed by atoms with Gasteiger partial charge in [-0.1, -0.05) is 169 Å². The van der Waals surface area contributed by atoms with Crippen molar-refractivity contribution in [1.29, 1.82) is 0 Å². The molecule has 2 heteroatoms. The summed E-state index contributed by atoms with van der Waals surface area (Å²) >= 11 is 0. The first-order valence-corrected chi connectivity index (χ1v) is 17.5. The molecule has 0 saturated heterocycles. The first kappa shape index (κ1) is 36.9. The van der Waals surface area contributed by atoms with E-state index < -0.39 is 0 Å². The van der Waals surface area contributed by atoms with Gasteiger partial charge in [0.1, 0.15) is 0 Å². The normalized spacial score (nSPS) is 12.9. The van der Waals surface area contributed by atoms with Gasteiger partial charge in [-0.25, -0.2) is 0 Å². The van der Waals surface area contributed by atoms with Crippen LogP contribution in [0.4, 0.5) is 0 Å². The van der Waals surface area contributed by atoms with Crippen LogP contribution < -0.4 is 0 Å². The van der Waals surface area contributed by atoms with E-state index in [1.807, 2.05) is 0 Å². The lowest BCUT2D eigenvalue weighted by atomic mass is 9.84. The summed E-state index contributed by atoms with van der Waals surface area (Å²) in [5.74, 6) is 0.204. The predicted octanol–water partition coefficient (Wildman–Crippen LogP) is 12.6. The fourth-order valence-corrected chi connectivity index (χ4v) is 5.86. The van der Waals surface area contributed by atoms with Crippen molar-refractivity contribution in [3.05, 3.63) is 0 Å². The summed E-state index contributed by atoms with van der Waals surface area (Å²) in [7, 11) is 0. The molecule has 0 aliphatic rings. The van der Waals surface area contributed by atoms with E-state index in [9.17, 15) is 0 Å². The first-order chi connectivity index (χ1) is 18.2. The highest BCUT2D eigenvalue weighted by Crippen LogP contribution is 2.37. The van der Waals surface area contributed by atoms with Crippen LogP contribution in [0.5, 0.6) is 0 Å². The van der Waals surface area contributed by atoms with E-state index >= 15 is 0 Å². The lowest BCUT2D eigenvalue weighted by molar-refractivity contribution is -0.274. The van der Waals surface area contributed by atoms with E-state index in [0.29, 0.717) is 5.92 Å². The highest BCUT2D eigenvalue weighted by molar-refractivity contribution is 4.81. The Balaban J connectivity index is 4.47. The maximum Gasteiger partial charge on any atom is 0.171 e. The molecule has 0 heterocycles. The van der Waals surface area contributed by atoms with E-state index in [0.717, 1.165) is 38.9 Å². The van der Waals surface area contributed by atoms with Gasteiger partial charge in [-0.2, -0.15) is 0 Å². The van der Waals surface area contributed by atoms with Gasteiger partial charge in [0.2, 0.25) is 0 Å². The van der Waals surface area contributed by atoms with E-state index in [1.165, 1.54) is 141 Å². The molecule has 0 aliphatic heterocycles. The van der Waals surface area contributed by atoms with Gasteiger partial charge in [0.05, 0.1) is 0 Å². The standard InChI is InChI=1S/C35H72O2/c1-6-11-13-15-17-18-19-20-21-22-23-24-26-28-30-34(29-27-25-16-14-12-7-2)35(31-8-3,36-32-9-4)37-33-10-5/h34H,6-33H2,1-5H3. The molecule has 1 atom stereocenters. The molecule has 0 aliphatic carbocycles. The molecule has 0 spiro atoms. The third-order valence-electron chi connectivity index (χ3n) is 8.13. The van der Waals surface area contributed by atoms with Crippen LogP contribution in [0.3, 0.4) is 0 Å². The van der Waals surface area contributed by atoms with Gasteiger partial charge in [0.15, 0.2) is 5.79 Å². The summed E-state index contributed by atoms with van der Waals surface area (Å²) in [5.41, 5.74) is 0. The quantitative estimate of drug-likeness (QED) is 0.0663. The molecule has 0 aromatic heterocycles. The van der Waals surface area contributed by atoms with Crippen molar-refractivity contribution in [1.82, 2.24) is 0 Å². The predicted molar refractivity (Wildman–Crippen MR) is 167 cm³/mol. The van der Waals surface area contributed by atoms with E-state index in [1.54, 1.807) is 0 Å². The Morgan fingerprint density at radius 1 is 0.378 bits per heavy atom. The second-order valence-corrected chi connectivity index (χ2v) is 11.9. The number of hydrogen-bond donors (Lipinski definition) is 0. The molecule has 0 aromatic carbocycles. The molecule has 0 saturated carbocycles. The number of hydrogen-bond acceptors (Lipinski definition) is 2.